The molecular formula is C9H12ClN3O. The second-order valence-corrected chi connectivity index (χ2v) is 4.14. The summed E-state index contributed by atoms with van der Waals surface area (Å²) in [5.74, 6) is 0. The maximum atomic E-state index is 6.08. The Morgan fingerprint density at radius 3 is 3.07 bits per heavy atom. The molecule has 5 heteroatoms. The lowest BCUT2D eigenvalue weighted by atomic mass is 10.1. The molecule has 1 N–H and O–H groups in total. The summed E-state index contributed by atoms with van der Waals surface area (Å²) in [6.45, 7) is 3.42. The van der Waals surface area contributed by atoms with E-state index >= 15 is 0 Å². The third-order valence-electron chi connectivity index (χ3n) is 2.88. The molecule has 1 aromatic heterocycles. The molecule has 0 bridgehead atoms. The molecule has 3 rings (SSSR count). The van der Waals surface area contributed by atoms with Gasteiger partial charge in [-0.15, -0.1) is 0 Å². The van der Waals surface area contributed by atoms with E-state index in [0.717, 1.165) is 32.7 Å². The molecule has 0 unspecified atom stereocenters. The Balaban J connectivity index is 2.02. The molecule has 1 saturated heterocycles. The summed E-state index contributed by atoms with van der Waals surface area (Å²) in [5, 5.41) is 8.33. The summed E-state index contributed by atoms with van der Waals surface area (Å²) in [5.41, 5.74) is 2.46. The van der Waals surface area contributed by atoms with Crippen molar-refractivity contribution in [3.63, 3.8) is 0 Å². The average Bonchev–Trinajstić information content (AvgIpc) is 2.43. The highest BCUT2D eigenvalue weighted by Gasteiger charge is 2.28. The van der Waals surface area contributed by atoms with E-state index in [1.165, 1.54) is 11.3 Å². The van der Waals surface area contributed by atoms with Crippen LogP contribution in [0.3, 0.4) is 0 Å². The number of nitrogens with zero attached hydrogens (tertiary/aromatic N) is 2. The predicted molar refractivity (Wildman–Crippen MR) is 52.5 cm³/mol. The fraction of sp³-hybridized carbons (Fsp3) is 0.667. The summed E-state index contributed by atoms with van der Waals surface area (Å²) in [7, 11) is 0. The number of hydrogen-bond acceptors (Lipinski definition) is 3. The molecule has 0 radical (unpaired) electrons. The van der Waals surface area contributed by atoms with Gasteiger partial charge in [-0.3, -0.25) is 4.68 Å². The molecule has 1 aromatic rings. The van der Waals surface area contributed by atoms with Crippen molar-refractivity contribution < 1.29 is 4.74 Å². The minimum Gasteiger partial charge on any atom is -0.377 e. The van der Waals surface area contributed by atoms with Crippen LogP contribution in [-0.4, -0.2) is 29.5 Å². The average molecular weight is 214 g/mol. The largest absolute Gasteiger partial charge is 0.377 e. The topological polar surface area (TPSA) is 39.1 Å². The number of nitrogens with one attached hydrogen (secondary N) is 1. The predicted octanol–water partition coefficient (Wildman–Crippen LogP) is 0.754. The van der Waals surface area contributed by atoms with Crippen molar-refractivity contribution in [3.8, 4) is 0 Å². The number of hydrogen-bond donors (Lipinski definition) is 1. The molecule has 4 nitrogen and oxygen atoms in total. The first-order valence-corrected chi connectivity index (χ1v) is 5.28. The van der Waals surface area contributed by atoms with E-state index in [-0.39, 0.29) is 0 Å². The highest BCUT2D eigenvalue weighted by molar-refractivity contribution is 6.30. The molecule has 0 spiro atoms. The Morgan fingerprint density at radius 1 is 1.50 bits per heavy atom. The highest BCUT2D eigenvalue weighted by atomic mass is 35.5. The summed E-state index contributed by atoms with van der Waals surface area (Å²) in [6, 6.07) is 0.411. The summed E-state index contributed by atoms with van der Waals surface area (Å²) >= 11 is 6.08. The number of aromatic nitrogens is 2. The maximum absolute atomic E-state index is 6.08. The Kier molecular flexibility index (Phi) is 2.00. The number of ether oxygens (including phenoxy) is 1. The quantitative estimate of drug-likeness (QED) is 0.749. The molecule has 0 atom stereocenters. The summed E-state index contributed by atoms with van der Waals surface area (Å²) in [6.07, 6.45) is 1.02. The Labute approximate surface area is 87.2 Å². The zero-order chi connectivity index (χ0) is 9.54. The minimum absolute atomic E-state index is 0.411. The van der Waals surface area contributed by atoms with Gasteiger partial charge in [-0.25, -0.2) is 0 Å². The van der Waals surface area contributed by atoms with Crippen LogP contribution in [0.25, 0.3) is 0 Å². The molecular weight excluding hydrogens is 202 g/mol. The SMILES string of the molecule is Clc1nn(C2COC2)c2c1CNCC2. The molecule has 3 heterocycles. The van der Waals surface area contributed by atoms with E-state index in [0.29, 0.717) is 11.2 Å². The lowest BCUT2D eigenvalue weighted by Gasteiger charge is -2.28. The van der Waals surface area contributed by atoms with Gasteiger partial charge in [-0.05, 0) is 0 Å². The van der Waals surface area contributed by atoms with Crippen LogP contribution in [0.5, 0.6) is 0 Å². The smallest absolute Gasteiger partial charge is 0.155 e. The van der Waals surface area contributed by atoms with Gasteiger partial charge in [0.25, 0.3) is 0 Å². The van der Waals surface area contributed by atoms with Gasteiger partial charge in [0.15, 0.2) is 5.15 Å². The highest BCUT2D eigenvalue weighted by Crippen LogP contribution is 2.27. The van der Waals surface area contributed by atoms with Crippen molar-refractivity contribution >= 4 is 11.6 Å². The van der Waals surface area contributed by atoms with Crippen molar-refractivity contribution in [3.05, 3.63) is 16.4 Å². The fourth-order valence-electron chi connectivity index (χ4n) is 2.00. The van der Waals surface area contributed by atoms with Gasteiger partial charge in [0.2, 0.25) is 0 Å². The molecule has 2 aliphatic rings. The lowest BCUT2D eigenvalue weighted by Crippen LogP contribution is -2.34. The first kappa shape index (κ1) is 8.71. The molecule has 14 heavy (non-hydrogen) atoms. The van der Waals surface area contributed by atoms with Crippen molar-refractivity contribution in [1.29, 1.82) is 0 Å². The number of rotatable bonds is 1. The molecule has 0 saturated carbocycles. The van der Waals surface area contributed by atoms with Crippen molar-refractivity contribution in [1.82, 2.24) is 15.1 Å². The first-order chi connectivity index (χ1) is 6.86. The van der Waals surface area contributed by atoms with Crippen LogP contribution < -0.4 is 5.32 Å². The molecule has 0 aliphatic carbocycles. The van der Waals surface area contributed by atoms with E-state index in [9.17, 15) is 0 Å². The minimum atomic E-state index is 0.411. The lowest BCUT2D eigenvalue weighted by molar-refractivity contribution is -0.0299. The van der Waals surface area contributed by atoms with Gasteiger partial charge in [-0.2, -0.15) is 5.10 Å². The molecule has 1 fully saturated rings. The van der Waals surface area contributed by atoms with Crippen LogP contribution in [0.2, 0.25) is 5.15 Å². The maximum Gasteiger partial charge on any atom is 0.155 e. The van der Waals surface area contributed by atoms with Crippen LogP contribution in [0.1, 0.15) is 17.3 Å². The van der Waals surface area contributed by atoms with Gasteiger partial charge in [0, 0.05) is 30.8 Å². The van der Waals surface area contributed by atoms with Crippen molar-refractivity contribution in [2.75, 3.05) is 19.8 Å². The second kappa shape index (κ2) is 3.22. The van der Waals surface area contributed by atoms with Gasteiger partial charge in [-0.1, -0.05) is 11.6 Å². The van der Waals surface area contributed by atoms with Crippen LogP contribution in [0.15, 0.2) is 0 Å². The first-order valence-electron chi connectivity index (χ1n) is 4.90. The zero-order valence-electron chi connectivity index (χ0n) is 7.79. The van der Waals surface area contributed by atoms with Gasteiger partial charge in [0.05, 0.1) is 19.3 Å². The van der Waals surface area contributed by atoms with E-state index < -0.39 is 0 Å². The Bertz CT molecular complexity index is 359. The Hall–Kier alpha value is -0.580. The van der Waals surface area contributed by atoms with Crippen LogP contribution in [0, 0.1) is 0 Å². The van der Waals surface area contributed by atoms with Gasteiger partial charge >= 0.3 is 0 Å². The van der Waals surface area contributed by atoms with E-state index in [4.69, 9.17) is 16.3 Å². The number of halogens is 1. The second-order valence-electron chi connectivity index (χ2n) is 3.78. The molecule has 0 aromatic carbocycles. The monoisotopic (exact) mass is 213 g/mol. The van der Waals surface area contributed by atoms with Crippen LogP contribution >= 0.6 is 11.6 Å². The summed E-state index contributed by atoms with van der Waals surface area (Å²) < 4.78 is 7.23. The fourth-order valence-corrected chi connectivity index (χ4v) is 2.26. The van der Waals surface area contributed by atoms with E-state index in [1.807, 2.05) is 0 Å². The van der Waals surface area contributed by atoms with E-state index in [1.54, 1.807) is 0 Å². The van der Waals surface area contributed by atoms with Crippen molar-refractivity contribution in [2.24, 2.45) is 0 Å². The molecule has 2 aliphatic heterocycles. The third kappa shape index (κ3) is 1.18. The molecule has 76 valence electrons. The van der Waals surface area contributed by atoms with Crippen molar-refractivity contribution in [2.45, 2.75) is 19.0 Å². The summed E-state index contributed by atoms with van der Waals surface area (Å²) in [4.78, 5) is 0. The van der Waals surface area contributed by atoms with Crippen LogP contribution in [0.4, 0.5) is 0 Å². The molecule has 0 amide bonds. The van der Waals surface area contributed by atoms with Gasteiger partial charge in [0.1, 0.15) is 0 Å². The standard InChI is InChI=1S/C9H12ClN3O/c10-9-7-3-11-2-1-8(7)13(12-9)6-4-14-5-6/h6,11H,1-5H2. The normalized spacial score (nSPS) is 21.8. The Morgan fingerprint density at radius 2 is 2.36 bits per heavy atom. The third-order valence-corrected chi connectivity index (χ3v) is 3.18. The number of fused-ring (bicyclic) bond motifs is 1. The van der Waals surface area contributed by atoms with E-state index in [2.05, 4.69) is 15.1 Å². The van der Waals surface area contributed by atoms with Crippen LogP contribution in [-0.2, 0) is 17.7 Å². The zero-order valence-corrected chi connectivity index (χ0v) is 8.55. The van der Waals surface area contributed by atoms with Gasteiger partial charge < -0.3 is 10.1 Å².